The maximum Gasteiger partial charge on any atom is 0.308 e. The van der Waals surface area contributed by atoms with E-state index in [4.69, 9.17) is 5.11 Å². The molecule has 2 heterocycles. The van der Waals surface area contributed by atoms with Gasteiger partial charge in [0.25, 0.3) is 10.0 Å². The maximum absolute atomic E-state index is 12.2. The lowest BCUT2D eigenvalue weighted by Crippen LogP contribution is -2.51. The molecule has 0 spiro atoms. The van der Waals surface area contributed by atoms with Crippen molar-refractivity contribution in [1.29, 1.82) is 0 Å². The number of hydrogen-bond acceptors (Lipinski definition) is 5. The number of thiophene rings is 1. The Morgan fingerprint density at radius 3 is 2.82 bits per heavy atom. The highest BCUT2D eigenvalue weighted by atomic mass is 32.2. The Morgan fingerprint density at radius 1 is 1.50 bits per heavy atom. The molecule has 0 aliphatic carbocycles. The Labute approximate surface area is 133 Å². The molecule has 2 rings (SSSR count). The van der Waals surface area contributed by atoms with E-state index in [0.717, 1.165) is 11.3 Å². The monoisotopic (exact) mass is 346 g/mol. The minimum Gasteiger partial charge on any atom is -0.481 e. The van der Waals surface area contributed by atoms with Gasteiger partial charge < -0.3 is 10.0 Å². The number of nitrogens with zero attached hydrogens (tertiary/aromatic N) is 1. The fourth-order valence-corrected chi connectivity index (χ4v) is 4.58. The molecule has 1 amide bonds. The van der Waals surface area contributed by atoms with Crippen LogP contribution in [0.5, 0.6) is 0 Å². The van der Waals surface area contributed by atoms with E-state index < -0.39 is 33.9 Å². The van der Waals surface area contributed by atoms with Crippen molar-refractivity contribution in [2.45, 2.75) is 30.0 Å². The normalized spacial score (nSPS) is 22.5. The number of rotatable bonds is 5. The van der Waals surface area contributed by atoms with Crippen LogP contribution >= 0.6 is 11.3 Å². The average Bonchev–Trinajstić information content (AvgIpc) is 3.00. The predicted molar refractivity (Wildman–Crippen MR) is 81.0 cm³/mol. The van der Waals surface area contributed by atoms with Crippen molar-refractivity contribution < 1.29 is 23.1 Å². The van der Waals surface area contributed by atoms with E-state index in [1.807, 2.05) is 0 Å². The van der Waals surface area contributed by atoms with E-state index in [2.05, 4.69) is 4.72 Å². The van der Waals surface area contributed by atoms with E-state index in [9.17, 15) is 18.0 Å². The molecule has 9 heteroatoms. The Hall–Kier alpha value is -1.45. The molecule has 1 aliphatic rings. The van der Waals surface area contributed by atoms with E-state index in [1.165, 1.54) is 11.0 Å². The summed E-state index contributed by atoms with van der Waals surface area (Å²) in [5.41, 5.74) is 0. The molecule has 7 nitrogen and oxygen atoms in total. The van der Waals surface area contributed by atoms with E-state index in [0.29, 0.717) is 19.4 Å². The molecule has 2 N–H and O–H groups in total. The molecule has 1 aromatic heterocycles. The zero-order valence-electron chi connectivity index (χ0n) is 12.1. The van der Waals surface area contributed by atoms with Gasteiger partial charge in [-0.3, -0.25) is 9.59 Å². The Bertz CT molecular complexity index is 641. The molecular formula is C13H18N2O5S2. The summed E-state index contributed by atoms with van der Waals surface area (Å²) < 4.78 is 26.4. The van der Waals surface area contributed by atoms with Crippen LogP contribution in [-0.4, -0.2) is 49.4 Å². The first-order valence-corrected chi connectivity index (χ1v) is 9.24. The van der Waals surface area contributed by atoms with Crippen LogP contribution in [0.25, 0.3) is 0 Å². The molecular weight excluding hydrogens is 328 g/mol. The number of amides is 1. The van der Waals surface area contributed by atoms with Crippen molar-refractivity contribution in [3.8, 4) is 0 Å². The topological polar surface area (TPSA) is 104 Å². The van der Waals surface area contributed by atoms with Crippen LogP contribution in [0, 0.1) is 5.92 Å². The van der Waals surface area contributed by atoms with Gasteiger partial charge in [0.2, 0.25) is 5.91 Å². The van der Waals surface area contributed by atoms with Crippen LogP contribution in [0.3, 0.4) is 0 Å². The lowest BCUT2D eigenvalue weighted by molar-refractivity contribution is -0.148. The third kappa shape index (κ3) is 3.65. The number of piperidine rings is 1. The number of carboxylic acids is 1. The summed E-state index contributed by atoms with van der Waals surface area (Å²) in [6.45, 7) is 1.77. The summed E-state index contributed by atoms with van der Waals surface area (Å²) in [6, 6.07) is 2.64. The summed E-state index contributed by atoms with van der Waals surface area (Å²) in [6.07, 6.45) is 1.13. The standard InChI is InChI=1S/C13H18N2O5S2/c1-9-10(13(17)18)4-2-6-15(9)11(16)8-14-22(19,20)12-5-3-7-21-12/h3,5,7,9-10,14H,2,4,6,8H2,1H3,(H,17,18)/t9-,10-/m1/s1. The summed E-state index contributed by atoms with van der Waals surface area (Å²) in [7, 11) is -3.69. The quantitative estimate of drug-likeness (QED) is 0.818. The minimum absolute atomic E-state index is 0.149. The smallest absolute Gasteiger partial charge is 0.308 e. The van der Waals surface area contributed by atoms with Gasteiger partial charge in [-0.25, -0.2) is 13.1 Å². The van der Waals surface area contributed by atoms with E-state index in [1.54, 1.807) is 18.4 Å². The second kappa shape index (κ2) is 6.76. The summed E-state index contributed by atoms with van der Waals surface area (Å²) in [5.74, 6) is -1.94. The molecule has 0 saturated carbocycles. The highest BCUT2D eigenvalue weighted by molar-refractivity contribution is 7.91. The lowest BCUT2D eigenvalue weighted by atomic mass is 9.90. The average molecular weight is 346 g/mol. The summed E-state index contributed by atoms with van der Waals surface area (Å²) in [5, 5.41) is 10.8. The second-order valence-corrected chi connectivity index (χ2v) is 8.11. The third-order valence-corrected chi connectivity index (χ3v) is 6.60. The van der Waals surface area contributed by atoms with Crippen molar-refractivity contribution in [1.82, 2.24) is 9.62 Å². The molecule has 0 bridgehead atoms. The molecule has 122 valence electrons. The van der Waals surface area contributed by atoms with E-state index in [-0.39, 0.29) is 10.8 Å². The molecule has 0 radical (unpaired) electrons. The summed E-state index contributed by atoms with van der Waals surface area (Å²) >= 11 is 1.07. The number of nitrogens with one attached hydrogen (secondary N) is 1. The fraction of sp³-hybridized carbons (Fsp3) is 0.538. The predicted octanol–water partition coefficient (Wildman–Crippen LogP) is 0.738. The number of aliphatic carboxylic acids is 1. The van der Waals surface area contributed by atoms with Crippen LogP contribution in [0.2, 0.25) is 0 Å². The van der Waals surface area contributed by atoms with Crippen molar-refractivity contribution in [2.75, 3.05) is 13.1 Å². The van der Waals surface area contributed by atoms with Gasteiger partial charge in [0.05, 0.1) is 12.5 Å². The third-order valence-electron chi connectivity index (χ3n) is 3.80. The van der Waals surface area contributed by atoms with Gasteiger partial charge in [-0.05, 0) is 31.2 Å². The minimum atomic E-state index is -3.69. The zero-order valence-corrected chi connectivity index (χ0v) is 13.7. The first-order valence-electron chi connectivity index (χ1n) is 6.88. The van der Waals surface area contributed by atoms with Gasteiger partial charge in [0, 0.05) is 12.6 Å². The molecule has 0 unspecified atom stereocenters. The van der Waals surface area contributed by atoms with Crippen LogP contribution in [-0.2, 0) is 19.6 Å². The largest absolute Gasteiger partial charge is 0.481 e. The van der Waals surface area contributed by atoms with E-state index >= 15 is 0 Å². The van der Waals surface area contributed by atoms with Gasteiger partial charge in [-0.2, -0.15) is 0 Å². The highest BCUT2D eigenvalue weighted by Gasteiger charge is 2.35. The Balaban J connectivity index is 1.99. The number of carbonyl (C=O) groups is 2. The number of likely N-dealkylation sites (tertiary alicyclic amines) is 1. The Kier molecular flexibility index (Phi) is 5.20. The van der Waals surface area contributed by atoms with Crippen molar-refractivity contribution in [3.05, 3.63) is 17.5 Å². The zero-order chi connectivity index (χ0) is 16.3. The van der Waals surface area contributed by atoms with Gasteiger partial charge in [0.1, 0.15) is 4.21 Å². The van der Waals surface area contributed by atoms with Crippen molar-refractivity contribution in [3.63, 3.8) is 0 Å². The molecule has 2 atom stereocenters. The van der Waals surface area contributed by atoms with Gasteiger partial charge in [-0.1, -0.05) is 6.07 Å². The van der Waals surface area contributed by atoms with Gasteiger partial charge in [0.15, 0.2) is 0 Å². The first-order chi connectivity index (χ1) is 10.3. The summed E-state index contributed by atoms with van der Waals surface area (Å²) in [4.78, 5) is 24.8. The molecule has 1 aliphatic heterocycles. The SMILES string of the molecule is C[C@@H]1[C@H](C(=O)O)CCCN1C(=O)CNS(=O)(=O)c1cccs1. The molecule has 1 saturated heterocycles. The number of sulfonamides is 1. The van der Waals surface area contributed by atoms with Crippen LogP contribution in [0.4, 0.5) is 0 Å². The van der Waals surface area contributed by atoms with Crippen LogP contribution in [0.15, 0.2) is 21.7 Å². The molecule has 0 aromatic carbocycles. The van der Waals surface area contributed by atoms with Gasteiger partial charge >= 0.3 is 5.97 Å². The van der Waals surface area contributed by atoms with Gasteiger partial charge in [-0.15, -0.1) is 11.3 Å². The van der Waals surface area contributed by atoms with Crippen LogP contribution < -0.4 is 4.72 Å². The number of carbonyl (C=O) groups excluding carboxylic acids is 1. The van der Waals surface area contributed by atoms with Crippen LogP contribution in [0.1, 0.15) is 19.8 Å². The molecule has 1 aromatic rings. The fourth-order valence-electron chi connectivity index (χ4n) is 2.57. The number of carboxylic acid groups (broad SMARTS) is 1. The molecule has 22 heavy (non-hydrogen) atoms. The number of hydrogen-bond donors (Lipinski definition) is 2. The van der Waals surface area contributed by atoms with Crippen molar-refractivity contribution >= 4 is 33.2 Å². The van der Waals surface area contributed by atoms with Crippen molar-refractivity contribution in [2.24, 2.45) is 5.92 Å². The highest BCUT2D eigenvalue weighted by Crippen LogP contribution is 2.24. The first kappa shape index (κ1) is 16.9. The Morgan fingerprint density at radius 2 is 2.23 bits per heavy atom. The molecule has 1 fully saturated rings. The maximum atomic E-state index is 12.2. The lowest BCUT2D eigenvalue weighted by Gasteiger charge is -2.37. The second-order valence-electron chi connectivity index (χ2n) is 5.17.